The lowest BCUT2D eigenvalue weighted by Crippen LogP contribution is -2.00. The predicted molar refractivity (Wildman–Crippen MR) is 109 cm³/mol. The van der Waals surface area contributed by atoms with Crippen LogP contribution in [0.25, 0.3) is 11.8 Å². The zero-order valence-electron chi connectivity index (χ0n) is 16.1. The molecule has 0 aliphatic carbocycles. The lowest BCUT2D eigenvalue weighted by atomic mass is 10.2. The topological polar surface area (TPSA) is 119 Å². The maximum absolute atomic E-state index is 11.9. The second-order valence-electron chi connectivity index (χ2n) is 6.37. The van der Waals surface area contributed by atoms with E-state index in [1.807, 2.05) is 24.3 Å². The summed E-state index contributed by atoms with van der Waals surface area (Å²) in [4.78, 5) is 22.3. The van der Waals surface area contributed by atoms with Crippen LogP contribution in [0.15, 0.2) is 66.9 Å². The number of carbonyl (C=O) groups excluding carboxylic acids is 1. The number of allylic oxidation sites excluding steroid dienone is 2. The van der Waals surface area contributed by atoms with Crippen LogP contribution in [0.2, 0.25) is 0 Å². The highest BCUT2D eigenvalue weighted by Gasteiger charge is 2.12. The molecule has 2 aromatic carbocycles. The molecule has 156 valence electrons. The van der Waals surface area contributed by atoms with E-state index in [4.69, 9.17) is 14.2 Å². The van der Waals surface area contributed by atoms with Crippen LogP contribution < -0.4 is 9.47 Å². The zero-order valence-corrected chi connectivity index (χ0v) is 16.1. The SMILES string of the molecule is O=C(/C=C/C=C/c1ccc2c(c1)OCO2)OCc1cn(-c2cccc([N+](=O)[O-])c2)nn1. The molecule has 10 nitrogen and oxygen atoms in total. The van der Waals surface area contributed by atoms with Gasteiger partial charge in [0.2, 0.25) is 6.79 Å². The first kappa shape index (κ1) is 19.8. The minimum Gasteiger partial charge on any atom is -0.456 e. The normalized spacial score (nSPS) is 12.5. The highest BCUT2D eigenvalue weighted by Crippen LogP contribution is 2.32. The fourth-order valence-electron chi connectivity index (χ4n) is 2.75. The molecule has 10 heteroatoms. The Hall–Kier alpha value is -4.47. The van der Waals surface area contributed by atoms with Crippen molar-refractivity contribution in [3.63, 3.8) is 0 Å². The van der Waals surface area contributed by atoms with E-state index in [9.17, 15) is 14.9 Å². The molecule has 31 heavy (non-hydrogen) atoms. The second-order valence-corrected chi connectivity index (χ2v) is 6.37. The second kappa shape index (κ2) is 8.91. The summed E-state index contributed by atoms with van der Waals surface area (Å²) in [5.74, 6) is 0.850. The Kier molecular flexibility index (Phi) is 5.70. The smallest absolute Gasteiger partial charge is 0.331 e. The van der Waals surface area contributed by atoms with Gasteiger partial charge in [0.25, 0.3) is 5.69 Å². The van der Waals surface area contributed by atoms with E-state index < -0.39 is 10.9 Å². The van der Waals surface area contributed by atoms with Gasteiger partial charge < -0.3 is 14.2 Å². The molecular formula is C21H16N4O6. The molecule has 1 aliphatic heterocycles. The van der Waals surface area contributed by atoms with Crippen molar-refractivity contribution in [2.24, 2.45) is 0 Å². The van der Waals surface area contributed by atoms with Crippen molar-refractivity contribution in [2.45, 2.75) is 6.61 Å². The zero-order chi connectivity index (χ0) is 21.6. The van der Waals surface area contributed by atoms with Gasteiger partial charge in [0, 0.05) is 18.2 Å². The third-order valence-corrected chi connectivity index (χ3v) is 4.24. The van der Waals surface area contributed by atoms with Crippen LogP contribution >= 0.6 is 0 Å². The number of non-ortho nitro benzene ring substituents is 1. The van der Waals surface area contributed by atoms with E-state index >= 15 is 0 Å². The molecule has 1 aromatic heterocycles. The summed E-state index contributed by atoms with van der Waals surface area (Å²) in [5, 5.41) is 18.7. The fourth-order valence-corrected chi connectivity index (χ4v) is 2.75. The van der Waals surface area contributed by atoms with Gasteiger partial charge in [-0.2, -0.15) is 0 Å². The van der Waals surface area contributed by atoms with Crippen molar-refractivity contribution in [3.05, 3.63) is 88.3 Å². The number of hydrogen-bond acceptors (Lipinski definition) is 8. The minimum absolute atomic E-state index is 0.0556. The van der Waals surface area contributed by atoms with Crippen molar-refractivity contribution < 1.29 is 23.9 Å². The number of nitrogens with zero attached hydrogens (tertiary/aromatic N) is 4. The Labute approximate surface area is 176 Å². The quantitative estimate of drug-likeness (QED) is 0.188. The molecule has 0 bridgehead atoms. The van der Waals surface area contributed by atoms with Crippen LogP contribution in [-0.4, -0.2) is 32.7 Å². The number of aromatic nitrogens is 3. The molecule has 1 aliphatic rings. The molecule has 4 rings (SSSR count). The first-order valence-corrected chi connectivity index (χ1v) is 9.16. The molecule has 0 atom stereocenters. The van der Waals surface area contributed by atoms with Crippen LogP contribution in [0.1, 0.15) is 11.3 Å². The van der Waals surface area contributed by atoms with Crippen molar-refractivity contribution in [1.29, 1.82) is 0 Å². The molecule has 3 aromatic rings. The number of fused-ring (bicyclic) bond motifs is 1. The molecule has 0 saturated carbocycles. The maximum atomic E-state index is 11.9. The first-order chi connectivity index (χ1) is 15.1. The Morgan fingerprint density at radius 2 is 2.06 bits per heavy atom. The summed E-state index contributed by atoms with van der Waals surface area (Å²) in [7, 11) is 0. The van der Waals surface area contributed by atoms with Crippen molar-refractivity contribution in [1.82, 2.24) is 15.0 Å². The van der Waals surface area contributed by atoms with Crippen molar-refractivity contribution in [2.75, 3.05) is 6.79 Å². The summed E-state index contributed by atoms with van der Waals surface area (Å²) in [6.07, 6.45) is 7.91. The van der Waals surface area contributed by atoms with E-state index in [2.05, 4.69) is 10.3 Å². The van der Waals surface area contributed by atoms with Gasteiger partial charge >= 0.3 is 5.97 Å². The van der Waals surface area contributed by atoms with Crippen molar-refractivity contribution >= 4 is 17.7 Å². The number of ether oxygens (including phenoxy) is 3. The lowest BCUT2D eigenvalue weighted by Gasteiger charge is -1.99. The van der Waals surface area contributed by atoms with Gasteiger partial charge in [-0.15, -0.1) is 5.10 Å². The summed E-state index contributed by atoms with van der Waals surface area (Å²) >= 11 is 0. The van der Waals surface area contributed by atoms with Gasteiger partial charge in [-0.05, 0) is 23.8 Å². The Balaban J connectivity index is 1.29. The molecule has 0 spiro atoms. The monoisotopic (exact) mass is 420 g/mol. The molecule has 2 heterocycles. The van der Waals surface area contributed by atoms with E-state index in [0.717, 1.165) is 5.56 Å². The molecule has 0 N–H and O–H groups in total. The number of nitro benzene ring substituents is 1. The number of rotatable bonds is 7. The molecule has 0 fully saturated rings. The van der Waals surface area contributed by atoms with Gasteiger partial charge in [0.1, 0.15) is 12.3 Å². The number of hydrogen-bond donors (Lipinski definition) is 0. The Morgan fingerprint density at radius 1 is 1.19 bits per heavy atom. The van der Waals surface area contributed by atoms with Crippen LogP contribution in [0, 0.1) is 10.1 Å². The molecule has 0 radical (unpaired) electrons. The Bertz CT molecular complexity index is 1180. The lowest BCUT2D eigenvalue weighted by molar-refractivity contribution is -0.384. The summed E-state index contributed by atoms with van der Waals surface area (Å²) in [6, 6.07) is 11.5. The average Bonchev–Trinajstić information content (AvgIpc) is 3.44. The summed E-state index contributed by atoms with van der Waals surface area (Å²) < 4.78 is 17.1. The van der Waals surface area contributed by atoms with E-state index in [0.29, 0.717) is 22.9 Å². The van der Waals surface area contributed by atoms with E-state index in [1.165, 1.54) is 29.1 Å². The van der Waals surface area contributed by atoms with Gasteiger partial charge in [-0.3, -0.25) is 10.1 Å². The number of esters is 1. The third kappa shape index (κ3) is 4.93. The van der Waals surface area contributed by atoms with Crippen molar-refractivity contribution in [3.8, 4) is 17.2 Å². The van der Waals surface area contributed by atoms with E-state index in [-0.39, 0.29) is 19.1 Å². The van der Waals surface area contributed by atoms with Crippen LogP contribution in [0.3, 0.4) is 0 Å². The fraction of sp³-hybridized carbons (Fsp3) is 0.0952. The summed E-state index contributed by atoms with van der Waals surface area (Å²) in [6.45, 7) is 0.136. The van der Waals surface area contributed by atoms with Gasteiger partial charge in [0.05, 0.1) is 16.8 Å². The molecular weight excluding hydrogens is 404 g/mol. The minimum atomic E-state index is -0.541. The Morgan fingerprint density at radius 3 is 2.94 bits per heavy atom. The van der Waals surface area contributed by atoms with Gasteiger partial charge in [-0.1, -0.05) is 35.6 Å². The largest absolute Gasteiger partial charge is 0.456 e. The molecule has 0 unspecified atom stereocenters. The summed E-state index contributed by atoms with van der Waals surface area (Å²) in [5.41, 5.74) is 1.73. The number of nitro groups is 1. The van der Waals surface area contributed by atoms with Crippen LogP contribution in [0.4, 0.5) is 5.69 Å². The van der Waals surface area contributed by atoms with Gasteiger partial charge in [-0.25, -0.2) is 9.48 Å². The standard InChI is InChI=1S/C21H16N4O6/c26-21(7-2-1-4-15-8-9-19-20(10-15)31-14-30-19)29-13-16-12-24(23-22-16)17-5-3-6-18(11-17)25(27)28/h1-12H,13-14H2/b4-1+,7-2+. The van der Waals surface area contributed by atoms with Crippen LogP contribution in [-0.2, 0) is 16.1 Å². The maximum Gasteiger partial charge on any atom is 0.331 e. The predicted octanol–water partition coefficient (Wildman–Crippen LogP) is 3.22. The highest BCUT2D eigenvalue weighted by atomic mass is 16.7. The van der Waals surface area contributed by atoms with E-state index in [1.54, 1.807) is 24.3 Å². The third-order valence-electron chi connectivity index (χ3n) is 4.24. The number of carbonyl (C=O) groups is 1. The van der Waals surface area contributed by atoms with Crippen LogP contribution in [0.5, 0.6) is 11.5 Å². The molecule has 0 amide bonds. The number of benzene rings is 2. The molecule has 0 saturated heterocycles. The first-order valence-electron chi connectivity index (χ1n) is 9.16. The van der Waals surface area contributed by atoms with Gasteiger partial charge in [0.15, 0.2) is 11.5 Å². The average molecular weight is 420 g/mol. The highest BCUT2D eigenvalue weighted by molar-refractivity contribution is 5.82.